The van der Waals surface area contributed by atoms with Gasteiger partial charge in [0.25, 0.3) is 5.56 Å². The van der Waals surface area contributed by atoms with Crippen LogP contribution in [-0.2, 0) is 24.4 Å². The maximum Gasteiger partial charge on any atom is 0.331 e. The summed E-state index contributed by atoms with van der Waals surface area (Å²) in [6, 6.07) is 21.4. The van der Waals surface area contributed by atoms with E-state index < -0.39 is 35.5 Å². The summed E-state index contributed by atoms with van der Waals surface area (Å²) in [5.41, 5.74) is 6.27. The van der Waals surface area contributed by atoms with Crippen molar-refractivity contribution in [1.29, 1.82) is 0 Å². The Morgan fingerprint density at radius 1 is 0.800 bits per heavy atom. The lowest BCUT2D eigenvalue weighted by atomic mass is 10.1. The largest absolute Gasteiger partial charge is 0.331 e. The topological polar surface area (TPSA) is 93.6 Å². The third-order valence-corrected chi connectivity index (χ3v) is 7.06. The lowest BCUT2D eigenvalue weighted by molar-refractivity contribution is -0.121. The third kappa shape index (κ3) is 5.78. The molecule has 2 N–H and O–H groups in total. The molecular formula is C30H29F2N5O3. The van der Waals surface area contributed by atoms with Gasteiger partial charge >= 0.3 is 5.69 Å². The Hall–Kier alpha value is -4.41. The number of anilines is 1. The van der Waals surface area contributed by atoms with Crippen molar-refractivity contribution in [2.45, 2.75) is 25.7 Å². The molecular weight excluding hydrogens is 516 g/mol. The smallest absolute Gasteiger partial charge is 0.322 e. The molecule has 1 saturated heterocycles. The van der Waals surface area contributed by atoms with Gasteiger partial charge in [0.15, 0.2) is 0 Å². The lowest BCUT2D eigenvalue weighted by Gasteiger charge is -2.34. The maximum absolute atomic E-state index is 14.5. The van der Waals surface area contributed by atoms with Crippen molar-refractivity contribution in [2.24, 2.45) is 5.73 Å². The molecule has 40 heavy (non-hydrogen) atoms. The Morgan fingerprint density at radius 3 is 2.10 bits per heavy atom. The van der Waals surface area contributed by atoms with Gasteiger partial charge in [0.05, 0.1) is 19.6 Å². The molecule has 1 aromatic heterocycles. The molecule has 1 unspecified atom stereocenters. The lowest BCUT2D eigenvalue weighted by Crippen LogP contribution is -2.53. The van der Waals surface area contributed by atoms with Crippen molar-refractivity contribution >= 4 is 11.6 Å². The average molecular weight is 546 g/mol. The molecule has 1 amide bonds. The molecule has 206 valence electrons. The number of aromatic nitrogens is 2. The van der Waals surface area contributed by atoms with Crippen molar-refractivity contribution in [2.75, 3.05) is 24.5 Å². The van der Waals surface area contributed by atoms with Gasteiger partial charge in [0, 0.05) is 37.4 Å². The van der Waals surface area contributed by atoms with Gasteiger partial charge in [-0.3, -0.25) is 23.6 Å². The Balaban J connectivity index is 1.50. The average Bonchev–Trinajstić information content (AvgIpc) is 2.95. The minimum Gasteiger partial charge on any atom is -0.322 e. The number of amides is 1. The standard InChI is InChI=1S/C30H29F2N5O3/c31-24-12-7-13-25(32)23(24)17-35-19-27(29(39)37(30(35)40)18-26(33)22-10-5-2-6-11-22)36-15-14-34(20-28(36)38)16-21-8-3-1-4-9-21/h1-13,19,26H,14-18,20,33H2. The summed E-state index contributed by atoms with van der Waals surface area (Å²) in [5, 5.41) is 0. The van der Waals surface area contributed by atoms with Gasteiger partial charge in [-0.2, -0.15) is 0 Å². The van der Waals surface area contributed by atoms with E-state index in [0.717, 1.165) is 26.8 Å². The van der Waals surface area contributed by atoms with Gasteiger partial charge in [-0.15, -0.1) is 0 Å². The molecule has 1 aliphatic heterocycles. The summed E-state index contributed by atoms with van der Waals surface area (Å²) in [4.78, 5) is 43.7. The van der Waals surface area contributed by atoms with Crippen molar-refractivity contribution < 1.29 is 13.6 Å². The molecule has 8 nitrogen and oxygen atoms in total. The molecule has 2 heterocycles. The van der Waals surface area contributed by atoms with E-state index in [-0.39, 0.29) is 36.8 Å². The third-order valence-electron chi connectivity index (χ3n) is 7.06. The number of carbonyl (C=O) groups is 1. The van der Waals surface area contributed by atoms with Gasteiger partial charge in [0.1, 0.15) is 17.3 Å². The monoisotopic (exact) mass is 545 g/mol. The number of piperazine rings is 1. The van der Waals surface area contributed by atoms with Crippen LogP contribution in [0.25, 0.3) is 0 Å². The first-order valence-electron chi connectivity index (χ1n) is 13.0. The zero-order valence-corrected chi connectivity index (χ0v) is 21.7. The number of rotatable bonds is 8. The van der Waals surface area contributed by atoms with E-state index in [4.69, 9.17) is 5.73 Å². The highest BCUT2D eigenvalue weighted by Gasteiger charge is 2.29. The van der Waals surface area contributed by atoms with Gasteiger partial charge in [-0.05, 0) is 23.3 Å². The molecule has 0 bridgehead atoms. The summed E-state index contributed by atoms with van der Waals surface area (Å²) in [6.45, 7) is 0.689. The second kappa shape index (κ2) is 11.8. The Bertz CT molecular complexity index is 1600. The fraction of sp³-hybridized carbons (Fsp3) is 0.233. The number of nitrogens with two attached hydrogens (primary N) is 1. The summed E-state index contributed by atoms with van der Waals surface area (Å²) in [7, 11) is 0. The van der Waals surface area contributed by atoms with Crippen LogP contribution in [0.4, 0.5) is 14.5 Å². The molecule has 1 aliphatic rings. The van der Waals surface area contributed by atoms with Crippen LogP contribution in [-0.4, -0.2) is 39.6 Å². The quantitative estimate of drug-likeness (QED) is 0.368. The van der Waals surface area contributed by atoms with E-state index in [9.17, 15) is 23.2 Å². The minimum atomic E-state index is -0.821. The van der Waals surface area contributed by atoms with Crippen LogP contribution in [0.15, 0.2) is 94.6 Å². The molecule has 1 atom stereocenters. The Morgan fingerprint density at radius 2 is 1.45 bits per heavy atom. The van der Waals surface area contributed by atoms with Crippen LogP contribution in [0.3, 0.4) is 0 Å². The highest BCUT2D eigenvalue weighted by atomic mass is 19.1. The van der Waals surface area contributed by atoms with Crippen molar-refractivity contribution in [1.82, 2.24) is 14.0 Å². The molecule has 0 radical (unpaired) electrons. The van der Waals surface area contributed by atoms with Crippen LogP contribution in [0, 0.1) is 11.6 Å². The first-order chi connectivity index (χ1) is 19.3. The van der Waals surface area contributed by atoms with Crippen LogP contribution < -0.4 is 21.9 Å². The van der Waals surface area contributed by atoms with Crippen molar-refractivity contribution in [3.63, 3.8) is 0 Å². The highest BCUT2D eigenvalue weighted by molar-refractivity contribution is 5.95. The highest BCUT2D eigenvalue weighted by Crippen LogP contribution is 2.18. The maximum atomic E-state index is 14.5. The van der Waals surface area contributed by atoms with E-state index >= 15 is 0 Å². The molecule has 0 saturated carbocycles. The van der Waals surface area contributed by atoms with Gasteiger partial charge in [-0.25, -0.2) is 13.6 Å². The first-order valence-corrected chi connectivity index (χ1v) is 13.0. The summed E-state index contributed by atoms with van der Waals surface area (Å²) < 4.78 is 31.0. The van der Waals surface area contributed by atoms with E-state index in [1.54, 1.807) is 24.3 Å². The van der Waals surface area contributed by atoms with Crippen LogP contribution in [0.5, 0.6) is 0 Å². The number of nitrogens with zero attached hydrogens (tertiary/aromatic N) is 4. The number of carbonyl (C=O) groups excluding carboxylic acids is 1. The van der Waals surface area contributed by atoms with E-state index in [0.29, 0.717) is 18.7 Å². The number of hydrogen-bond donors (Lipinski definition) is 1. The number of benzene rings is 3. The minimum absolute atomic E-state index is 0.0408. The van der Waals surface area contributed by atoms with E-state index in [1.807, 2.05) is 41.3 Å². The predicted molar refractivity (Wildman–Crippen MR) is 148 cm³/mol. The van der Waals surface area contributed by atoms with Crippen molar-refractivity contribution in [3.8, 4) is 0 Å². The molecule has 1 fully saturated rings. The number of hydrogen-bond acceptors (Lipinski definition) is 5. The van der Waals surface area contributed by atoms with Crippen LogP contribution in [0.1, 0.15) is 22.7 Å². The summed E-state index contributed by atoms with van der Waals surface area (Å²) in [6.07, 6.45) is 1.21. The normalized spacial score (nSPS) is 14.9. The van der Waals surface area contributed by atoms with Gasteiger partial charge in [0.2, 0.25) is 5.91 Å². The van der Waals surface area contributed by atoms with Gasteiger partial charge < -0.3 is 10.6 Å². The molecule has 4 aromatic rings. The molecule has 0 aliphatic carbocycles. The SMILES string of the molecule is NC(Cn1c(=O)c(N2CCN(Cc3ccccc3)CC2=O)cn(Cc2c(F)cccc2F)c1=O)c1ccccc1. The second-order valence-corrected chi connectivity index (χ2v) is 9.80. The second-order valence-electron chi connectivity index (χ2n) is 9.80. The molecule has 3 aromatic carbocycles. The molecule has 0 spiro atoms. The van der Waals surface area contributed by atoms with Crippen LogP contribution in [0.2, 0.25) is 0 Å². The fourth-order valence-corrected chi connectivity index (χ4v) is 4.91. The van der Waals surface area contributed by atoms with Gasteiger partial charge in [-0.1, -0.05) is 66.7 Å². The van der Waals surface area contributed by atoms with Crippen molar-refractivity contribution in [3.05, 3.63) is 134 Å². The zero-order chi connectivity index (χ0) is 28.2. The zero-order valence-electron chi connectivity index (χ0n) is 21.7. The summed E-state index contributed by atoms with van der Waals surface area (Å²) >= 11 is 0. The Kier molecular flexibility index (Phi) is 7.99. The summed E-state index contributed by atoms with van der Waals surface area (Å²) in [5.74, 6) is -1.96. The fourth-order valence-electron chi connectivity index (χ4n) is 4.91. The molecule has 10 heteroatoms. The van der Waals surface area contributed by atoms with Crippen LogP contribution >= 0.6 is 0 Å². The molecule has 5 rings (SSSR count). The van der Waals surface area contributed by atoms with E-state index in [1.165, 1.54) is 17.2 Å². The first kappa shape index (κ1) is 27.2. The number of halogens is 2. The van der Waals surface area contributed by atoms with E-state index in [2.05, 4.69) is 0 Å². The predicted octanol–water partition coefficient (Wildman–Crippen LogP) is 2.89. The Labute approximate surface area is 229 Å².